The molecule has 3 atom stereocenters. The number of nitrogens with zero attached hydrogens (tertiary/aromatic N) is 1. The molecule has 142 valence electrons. The number of amides is 1. The van der Waals surface area contributed by atoms with Crippen molar-refractivity contribution in [2.24, 2.45) is 5.92 Å². The van der Waals surface area contributed by atoms with Gasteiger partial charge < -0.3 is 19.1 Å². The van der Waals surface area contributed by atoms with Crippen molar-refractivity contribution in [3.8, 4) is 0 Å². The van der Waals surface area contributed by atoms with Gasteiger partial charge in [-0.05, 0) is 26.3 Å². The van der Waals surface area contributed by atoms with Crippen molar-refractivity contribution in [3.05, 3.63) is 35.9 Å². The van der Waals surface area contributed by atoms with Gasteiger partial charge in [-0.25, -0.2) is 0 Å². The number of ether oxygens (including phenoxy) is 3. The van der Waals surface area contributed by atoms with Gasteiger partial charge in [0.25, 0.3) is 5.91 Å². The highest BCUT2D eigenvalue weighted by molar-refractivity contribution is 6.01. The van der Waals surface area contributed by atoms with E-state index in [1.165, 1.54) is 4.90 Å². The minimum atomic E-state index is -1.46. The Labute approximate surface area is 153 Å². The molecule has 1 amide bonds. The van der Waals surface area contributed by atoms with Crippen LogP contribution in [0, 0.1) is 5.92 Å². The maximum absolute atomic E-state index is 12.8. The molecule has 0 saturated carbocycles. The van der Waals surface area contributed by atoms with E-state index in [2.05, 4.69) is 0 Å². The quantitative estimate of drug-likeness (QED) is 0.565. The molecule has 1 aliphatic rings. The van der Waals surface area contributed by atoms with Crippen molar-refractivity contribution < 1.29 is 28.6 Å². The highest BCUT2D eigenvalue weighted by Gasteiger charge is 2.49. The second kappa shape index (κ2) is 8.80. The van der Waals surface area contributed by atoms with Crippen LogP contribution in [0.2, 0.25) is 0 Å². The summed E-state index contributed by atoms with van der Waals surface area (Å²) in [6, 6.07) is 9.11. The second-order valence-electron chi connectivity index (χ2n) is 6.06. The van der Waals surface area contributed by atoms with Crippen molar-refractivity contribution in [1.29, 1.82) is 0 Å². The summed E-state index contributed by atoms with van der Waals surface area (Å²) >= 11 is 0. The fourth-order valence-corrected chi connectivity index (χ4v) is 2.96. The highest BCUT2D eigenvalue weighted by Crippen LogP contribution is 2.34. The van der Waals surface area contributed by atoms with Gasteiger partial charge in [0.2, 0.25) is 0 Å². The van der Waals surface area contributed by atoms with Gasteiger partial charge in [-0.1, -0.05) is 30.3 Å². The maximum atomic E-state index is 12.8. The van der Waals surface area contributed by atoms with E-state index in [-0.39, 0.29) is 19.3 Å². The molecule has 1 heterocycles. The lowest BCUT2D eigenvalue weighted by molar-refractivity contribution is -0.191. The lowest BCUT2D eigenvalue weighted by Gasteiger charge is -2.42. The first-order chi connectivity index (χ1) is 12.4. The lowest BCUT2D eigenvalue weighted by atomic mass is 9.94. The average Bonchev–Trinajstić information content (AvgIpc) is 2.63. The van der Waals surface area contributed by atoms with Gasteiger partial charge in [-0.15, -0.1) is 0 Å². The van der Waals surface area contributed by atoms with E-state index in [0.717, 1.165) is 5.56 Å². The van der Waals surface area contributed by atoms with E-state index in [1.54, 1.807) is 20.9 Å². The maximum Gasteiger partial charge on any atom is 0.323 e. The highest BCUT2D eigenvalue weighted by atomic mass is 16.6. The van der Waals surface area contributed by atoms with Gasteiger partial charge in [0.05, 0.1) is 19.3 Å². The molecule has 2 rings (SSSR count). The predicted molar refractivity (Wildman–Crippen MR) is 93.0 cm³/mol. The summed E-state index contributed by atoms with van der Waals surface area (Å²) in [4.78, 5) is 39.0. The Kier molecular flexibility index (Phi) is 6.74. The number of hydrogen-bond acceptors (Lipinski definition) is 6. The van der Waals surface area contributed by atoms with E-state index >= 15 is 0 Å². The molecule has 7 heteroatoms. The van der Waals surface area contributed by atoms with Gasteiger partial charge >= 0.3 is 11.9 Å². The van der Waals surface area contributed by atoms with Crippen LogP contribution < -0.4 is 0 Å². The molecule has 1 saturated heterocycles. The van der Waals surface area contributed by atoms with Crippen LogP contribution in [-0.4, -0.2) is 55.2 Å². The molecular formula is C19H25NO6. The number of likely N-dealkylation sites (N-methyl/N-ethyl adjacent to an activating group) is 1. The van der Waals surface area contributed by atoms with Crippen LogP contribution >= 0.6 is 0 Å². The van der Waals surface area contributed by atoms with Crippen LogP contribution in [0.5, 0.6) is 0 Å². The molecule has 1 aliphatic heterocycles. The lowest BCUT2D eigenvalue weighted by Crippen LogP contribution is -2.57. The first kappa shape index (κ1) is 19.9. The minimum Gasteiger partial charge on any atom is -0.465 e. The molecule has 0 spiro atoms. The third-order valence-corrected chi connectivity index (χ3v) is 4.45. The number of morpholine rings is 1. The zero-order valence-electron chi connectivity index (χ0n) is 15.5. The molecule has 1 fully saturated rings. The van der Waals surface area contributed by atoms with Gasteiger partial charge in [0.1, 0.15) is 6.10 Å². The van der Waals surface area contributed by atoms with Crippen LogP contribution in [0.3, 0.4) is 0 Å². The zero-order chi connectivity index (χ0) is 19.3. The molecule has 0 N–H and O–H groups in total. The van der Waals surface area contributed by atoms with E-state index in [9.17, 15) is 14.4 Å². The minimum absolute atomic E-state index is 0.0873. The Bertz CT molecular complexity index is 629. The summed E-state index contributed by atoms with van der Waals surface area (Å²) in [6.45, 7) is 5.29. The van der Waals surface area contributed by atoms with Gasteiger partial charge in [0, 0.05) is 7.05 Å². The number of benzene rings is 1. The number of rotatable bonds is 6. The molecule has 0 aliphatic carbocycles. The smallest absolute Gasteiger partial charge is 0.323 e. The Morgan fingerprint density at radius 2 is 1.65 bits per heavy atom. The number of carbonyl (C=O) groups is 3. The van der Waals surface area contributed by atoms with Gasteiger partial charge in [-0.2, -0.15) is 0 Å². The van der Waals surface area contributed by atoms with Crippen molar-refractivity contribution in [2.75, 3.05) is 20.3 Å². The van der Waals surface area contributed by atoms with Crippen LogP contribution in [0.15, 0.2) is 30.3 Å². The Morgan fingerprint density at radius 1 is 1.12 bits per heavy atom. The average molecular weight is 363 g/mol. The van der Waals surface area contributed by atoms with Gasteiger partial charge in [0.15, 0.2) is 12.0 Å². The first-order valence-corrected chi connectivity index (χ1v) is 8.72. The SMILES string of the molecule is CCOC(=O)C(C(=O)OCC)[C@H]1O[C@@H](c2ccccc2)[C@H](C)N(C)C1=O. The largest absolute Gasteiger partial charge is 0.465 e. The summed E-state index contributed by atoms with van der Waals surface area (Å²) < 4.78 is 15.9. The second-order valence-corrected chi connectivity index (χ2v) is 6.06. The van der Waals surface area contributed by atoms with E-state index in [0.29, 0.717) is 0 Å². The number of carbonyl (C=O) groups excluding carboxylic acids is 3. The number of esters is 2. The normalized spacial score (nSPS) is 23.0. The van der Waals surface area contributed by atoms with Crippen molar-refractivity contribution in [2.45, 2.75) is 39.0 Å². The summed E-state index contributed by atoms with van der Waals surface area (Å²) in [6.07, 6.45) is -1.77. The molecule has 1 aromatic carbocycles. The molecule has 0 unspecified atom stereocenters. The van der Waals surface area contributed by atoms with Crippen molar-refractivity contribution in [3.63, 3.8) is 0 Å². The zero-order valence-corrected chi connectivity index (χ0v) is 15.5. The third-order valence-electron chi connectivity index (χ3n) is 4.45. The van der Waals surface area contributed by atoms with Crippen LogP contribution in [0.4, 0.5) is 0 Å². The topological polar surface area (TPSA) is 82.1 Å². The van der Waals surface area contributed by atoms with E-state index < -0.39 is 36.0 Å². The van der Waals surface area contributed by atoms with Crippen LogP contribution in [0.1, 0.15) is 32.4 Å². The first-order valence-electron chi connectivity index (χ1n) is 8.72. The van der Waals surface area contributed by atoms with Crippen molar-refractivity contribution in [1.82, 2.24) is 4.90 Å². The summed E-state index contributed by atoms with van der Waals surface area (Å²) in [5.74, 6) is -3.54. The molecular weight excluding hydrogens is 338 g/mol. The Balaban J connectivity index is 2.37. The van der Waals surface area contributed by atoms with Crippen molar-refractivity contribution >= 4 is 17.8 Å². The fourth-order valence-electron chi connectivity index (χ4n) is 2.96. The third kappa shape index (κ3) is 4.04. The molecule has 7 nitrogen and oxygen atoms in total. The predicted octanol–water partition coefficient (Wildman–Crippen LogP) is 1.72. The summed E-state index contributed by atoms with van der Waals surface area (Å²) in [5, 5.41) is 0. The molecule has 26 heavy (non-hydrogen) atoms. The van der Waals surface area contributed by atoms with Gasteiger partial charge in [-0.3, -0.25) is 14.4 Å². The number of hydrogen-bond donors (Lipinski definition) is 0. The molecule has 0 radical (unpaired) electrons. The Hall–Kier alpha value is -2.41. The summed E-state index contributed by atoms with van der Waals surface area (Å²) in [5.41, 5.74) is 0.857. The van der Waals surface area contributed by atoms with E-state index in [1.807, 2.05) is 37.3 Å². The van der Waals surface area contributed by atoms with E-state index in [4.69, 9.17) is 14.2 Å². The molecule has 0 bridgehead atoms. The molecule has 0 aromatic heterocycles. The van der Waals surface area contributed by atoms with Crippen LogP contribution in [0.25, 0.3) is 0 Å². The monoisotopic (exact) mass is 363 g/mol. The summed E-state index contributed by atoms with van der Waals surface area (Å²) in [7, 11) is 1.63. The standard InChI is InChI=1S/C19H25NO6/c1-5-24-18(22)14(19(23)25-6-2)16-17(21)20(4)12(3)15(26-16)13-10-8-7-9-11-13/h7-12,14-16H,5-6H2,1-4H3/t12-,15+,16+/m0/s1. The molecule has 1 aromatic rings. The fraction of sp³-hybridized carbons (Fsp3) is 0.526. The van der Waals surface area contributed by atoms with Crippen LogP contribution in [-0.2, 0) is 28.6 Å². The Morgan fingerprint density at radius 3 is 2.15 bits per heavy atom.